The average molecular weight is 468 g/mol. The van der Waals surface area contributed by atoms with Gasteiger partial charge in [0.05, 0.1) is 11.5 Å². The number of fused-ring (bicyclic) bond motifs is 1. The fourth-order valence-electron chi connectivity index (χ4n) is 4.46. The van der Waals surface area contributed by atoms with E-state index in [2.05, 4.69) is 29.1 Å². The fourth-order valence-corrected chi connectivity index (χ4v) is 6.15. The molecule has 0 amide bonds. The highest BCUT2D eigenvalue weighted by molar-refractivity contribution is 7.98. The van der Waals surface area contributed by atoms with Crippen molar-refractivity contribution >= 4 is 34.7 Å². The van der Waals surface area contributed by atoms with Crippen LogP contribution in [-0.4, -0.2) is 15.8 Å². The average Bonchev–Trinajstić information content (AvgIpc) is 3.25. The molecule has 3 heterocycles. The van der Waals surface area contributed by atoms with Crippen LogP contribution in [0.1, 0.15) is 48.6 Å². The number of halogens is 1. The first kappa shape index (κ1) is 21.2. The van der Waals surface area contributed by atoms with Crippen LogP contribution in [0.2, 0.25) is 0 Å². The van der Waals surface area contributed by atoms with Crippen LogP contribution in [0.25, 0.3) is 0 Å². The van der Waals surface area contributed by atoms with Gasteiger partial charge in [0, 0.05) is 28.3 Å². The summed E-state index contributed by atoms with van der Waals surface area (Å²) in [7, 11) is 0. The standard InChI is InChI=1S/C24H22FN3O2S2/c1-24(2)10-15-18(16(29)11-24)19(17-8-5-9-31-17)20-21(26-15)27-23(28-22(20)30)32-12-13-6-3-4-7-14(13)25/h3-9,19H,10-12H2,1-2H3,(H2,26,27,28,30). The maximum atomic E-state index is 14.0. The number of carbonyl (C=O) groups excluding carboxylic acids is 1. The van der Waals surface area contributed by atoms with Gasteiger partial charge in [0.2, 0.25) is 0 Å². The molecule has 5 nitrogen and oxygen atoms in total. The molecular formula is C24H22FN3O2S2. The van der Waals surface area contributed by atoms with E-state index in [1.165, 1.54) is 29.2 Å². The molecule has 1 unspecified atom stereocenters. The van der Waals surface area contributed by atoms with E-state index >= 15 is 0 Å². The number of ketones is 1. The number of thiophene rings is 1. The lowest BCUT2D eigenvalue weighted by atomic mass is 9.70. The van der Waals surface area contributed by atoms with Gasteiger partial charge in [-0.2, -0.15) is 0 Å². The highest BCUT2D eigenvalue weighted by Gasteiger charge is 2.42. The van der Waals surface area contributed by atoms with E-state index in [9.17, 15) is 14.0 Å². The maximum absolute atomic E-state index is 14.0. The monoisotopic (exact) mass is 467 g/mol. The Labute approximate surface area is 193 Å². The van der Waals surface area contributed by atoms with Crippen LogP contribution in [0.15, 0.2) is 63.0 Å². The lowest BCUT2D eigenvalue weighted by Gasteiger charge is -2.38. The highest BCUT2D eigenvalue weighted by Crippen LogP contribution is 2.48. The van der Waals surface area contributed by atoms with Crippen molar-refractivity contribution in [1.29, 1.82) is 0 Å². The van der Waals surface area contributed by atoms with Crippen LogP contribution < -0.4 is 10.9 Å². The molecule has 0 saturated carbocycles. The minimum Gasteiger partial charge on any atom is -0.343 e. The number of benzene rings is 1. The highest BCUT2D eigenvalue weighted by atomic mass is 32.2. The van der Waals surface area contributed by atoms with Gasteiger partial charge in [0.1, 0.15) is 11.6 Å². The number of anilines is 1. The van der Waals surface area contributed by atoms with Gasteiger partial charge in [-0.15, -0.1) is 11.3 Å². The molecular weight excluding hydrogens is 445 g/mol. The third-order valence-electron chi connectivity index (χ3n) is 5.85. The van der Waals surface area contributed by atoms with Crippen molar-refractivity contribution in [2.75, 3.05) is 5.32 Å². The molecule has 32 heavy (non-hydrogen) atoms. The Morgan fingerprint density at radius 1 is 1.19 bits per heavy atom. The molecule has 1 atom stereocenters. The van der Waals surface area contributed by atoms with Gasteiger partial charge in [0.15, 0.2) is 10.9 Å². The Hall–Kier alpha value is -2.71. The first-order chi connectivity index (χ1) is 15.3. The third-order valence-corrected chi connectivity index (χ3v) is 7.71. The topological polar surface area (TPSA) is 74.8 Å². The Kier molecular flexibility index (Phi) is 5.29. The molecule has 164 valence electrons. The molecule has 0 spiro atoms. The van der Waals surface area contributed by atoms with Crippen molar-refractivity contribution in [1.82, 2.24) is 9.97 Å². The Balaban J connectivity index is 1.56. The van der Waals surface area contributed by atoms with Gasteiger partial charge in [-0.1, -0.05) is 49.9 Å². The molecule has 0 fully saturated rings. The van der Waals surface area contributed by atoms with Crippen molar-refractivity contribution in [3.63, 3.8) is 0 Å². The number of hydrogen-bond acceptors (Lipinski definition) is 6. The van der Waals surface area contributed by atoms with E-state index in [4.69, 9.17) is 0 Å². The second-order valence-electron chi connectivity index (χ2n) is 8.92. The summed E-state index contributed by atoms with van der Waals surface area (Å²) in [5.74, 6) is 0.195. The molecule has 2 aromatic heterocycles. The van der Waals surface area contributed by atoms with Crippen molar-refractivity contribution in [2.45, 2.75) is 43.5 Å². The number of aromatic amines is 1. The smallest absolute Gasteiger partial charge is 0.257 e. The summed E-state index contributed by atoms with van der Waals surface area (Å²) in [5.41, 5.74) is 2.10. The van der Waals surface area contributed by atoms with Crippen molar-refractivity contribution in [2.24, 2.45) is 5.41 Å². The zero-order valence-corrected chi connectivity index (χ0v) is 19.3. The molecule has 0 saturated heterocycles. The van der Waals surface area contributed by atoms with Gasteiger partial charge in [-0.25, -0.2) is 9.37 Å². The SMILES string of the molecule is CC1(C)CC(=O)C2=C(C1)Nc1nc(SCc3ccccc3F)[nH]c(=O)c1C2c1cccs1. The molecule has 1 aromatic carbocycles. The number of thioether (sulfide) groups is 1. The molecule has 1 aliphatic heterocycles. The lowest BCUT2D eigenvalue weighted by molar-refractivity contribution is -0.118. The van der Waals surface area contributed by atoms with Gasteiger partial charge < -0.3 is 10.3 Å². The lowest BCUT2D eigenvalue weighted by Crippen LogP contribution is -2.36. The second-order valence-corrected chi connectivity index (χ2v) is 10.9. The zero-order valence-electron chi connectivity index (χ0n) is 17.7. The molecule has 1 aliphatic carbocycles. The second kappa shape index (κ2) is 8.01. The largest absolute Gasteiger partial charge is 0.343 e. The van der Waals surface area contributed by atoms with Gasteiger partial charge in [-0.05, 0) is 34.9 Å². The van der Waals surface area contributed by atoms with E-state index in [0.717, 1.165) is 10.6 Å². The number of nitrogens with one attached hydrogen (secondary N) is 2. The number of allylic oxidation sites excluding steroid dienone is 2. The summed E-state index contributed by atoms with van der Waals surface area (Å²) in [6.45, 7) is 4.15. The summed E-state index contributed by atoms with van der Waals surface area (Å²) < 4.78 is 14.0. The summed E-state index contributed by atoms with van der Waals surface area (Å²) in [6, 6.07) is 10.5. The Morgan fingerprint density at radius 3 is 2.75 bits per heavy atom. The van der Waals surface area contributed by atoms with Crippen LogP contribution in [-0.2, 0) is 10.5 Å². The predicted molar refractivity (Wildman–Crippen MR) is 126 cm³/mol. The van der Waals surface area contributed by atoms with Gasteiger partial charge in [0.25, 0.3) is 5.56 Å². The normalized spacial score (nSPS) is 19.3. The summed E-state index contributed by atoms with van der Waals surface area (Å²) in [4.78, 5) is 34.9. The Morgan fingerprint density at radius 2 is 2.00 bits per heavy atom. The van der Waals surface area contributed by atoms with Crippen LogP contribution in [0.3, 0.4) is 0 Å². The number of nitrogens with zero attached hydrogens (tertiary/aromatic N) is 1. The summed E-state index contributed by atoms with van der Waals surface area (Å²) in [6.07, 6.45) is 1.16. The summed E-state index contributed by atoms with van der Waals surface area (Å²) in [5, 5.41) is 5.68. The third kappa shape index (κ3) is 3.82. The molecule has 8 heteroatoms. The molecule has 0 radical (unpaired) electrons. The first-order valence-corrected chi connectivity index (χ1v) is 12.3. The van der Waals surface area contributed by atoms with Crippen LogP contribution in [0.5, 0.6) is 0 Å². The van der Waals surface area contributed by atoms with Crippen molar-refractivity contribution < 1.29 is 9.18 Å². The predicted octanol–water partition coefficient (Wildman–Crippen LogP) is 5.46. The minimum absolute atomic E-state index is 0.0743. The number of rotatable bonds is 4. The molecule has 5 rings (SSSR count). The van der Waals surface area contributed by atoms with Crippen LogP contribution >= 0.6 is 23.1 Å². The quantitative estimate of drug-likeness (QED) is 0.393. The maximum Gasteiger partial charge on any atom is 0.257 e. The Bertz CT molecular complexity index is 1290. The van der Waals surface area contributed by atoms with Gasteiger partial charge in [-0.3, -0.25) is 9.59 Å². The van der Waals surface area contributed by atoms with E-state index < -0.39 is 5.92 Å². The minimum atomic E-state index is -0.424. The van der Waals surface area contributed by atoms with Gasteiger partial charge >= 0.3 is 0 Å². The number of hydrogen-bond donors (Lipinski definition) is 2. The zero-order chi connectivity index (χ0) is 22.5. The van der Waals surface area contributed by atoms with E-state index in [-0.39, 0.29) is 22.6 Å². The summed E-state index contributed by atoms with van der Waals surface area (Å²) >= 11 is 2.81. The fraction of sp³-hybridized carbons (Fsp3) is 0.292. The van der Waals surface area contributed by atoms with Crippen molar-refractivity contribution in [3.8, 4) is 0 Å². The number of carbonyl (C=O) groups is 1. The molecule has 2 aliphatic rings. The van der Waals surface area contributed by atoms with Crippen LogP contribution in [0, 0.1) is 11.2 Å². The van der Waals surface area contributed by atoms with E-state index in [1.54, 1.807) is 18.2 Å². The number of aromatic nitrogens is 2. The van der Waals surface area contributed by atoms with Crippen molar-refractivity contribution in [3.05, 3.63) is 85.2 Å². The number of Topliss-reactive ketones (excluding diaryl/α,β-unsaturated/α-hetero) is 1. The molecule has 3 aromatic rings. The molecule has 0 bridgehead atoms. The molecule has 2 N–H and O–H groups in total. The number of H-pyrrole nitrogens is 1. The first-order valence-electron chi connectivity index (χ1n) is 10.4. The van der Waals surface area contributed by atoms with E-state index in [0.29, 0.717) is 46.3 Å². The van der Waals surface area contributed by atoms with E-state index in [1.807, 2.05) is 17.5 Å². The van der Waals surface area contributed by atoms with Crippen LogP contribution in [0.4, 0.5) is 10.2 Å².